The van der Waals surface area contributed by atoms with E-state index < -0.39 is 22.8 Å². The topological polar surface area (TPSA) is 107 Å². The van der Waals surface area contributed by atoms with Gasteiger partial charge in [0.05, 0.1) is 6.61 Å². The number of amides is 1. The quantitative estimate of drug-likeness (QED) is 0.0990. The van der Waals surface area contributed by atoms with Crippen LogP contribution in [0.25, 0.3) is 0 Å². The van der Waals surface area contributed by atoms with Crippen LogP contribution in [0.4, 0.5) is 0 Å². The van der Waals surface area contributed by atoms with Crippen molar-refractivity contribution in [2.75, 3.05) is 13.7 Å². The first-order valence-electron chi connectivity index (χ1n) is 12.8. The van der Waals surface area contributed by atoms with Gasteiger partial charge in [0, 0.05) is 45.7 Å². The second-order valence-corrected chi connectivity index (χ2v) is 13.3. The molecule has 1 amide bonds. The molecule has 1 atom stereocenters. The van der Waals surface area contributed by atoms with Gasteiger partial charge in [0.1, 0.15) is 6.04 Å². The molecular formula is C29H44N2O5S2. The second-order valence-electron chi connectivity index (χ2n) is 11.7. The molecule has 1 aromatic carbocycles. The molecule has 1 rings (SSSR count). The molecule has 0 fully saturated rings. The molecule has 212 valence electrons. The number of hydrogen-bond acceptors (Lipinski definition) is 8. The van der Waals surface area contributed by atoms with Crippen LogP contribution in [0.1, 0.15) is 94.0 Å². The van der Waals surface area contributed by atoms with Gasteiger partial charge in [0.15, 0.2) is 11.6 Å². The number of carbonyl (C=O) groups excluding carboxylic acids is 4. The van der Waals surface area contributed by atoms with Crippen molar-refractivity contribution in [3.05, 3.63) is 46.2 Å². The van der Waals surface area contributed by atoms with Crippen LogP contribution in [0.5, 0.6) is 0 Å². The van der Waals surface area contributed by atoms with Crippen molar-refractivity contribution in [1.29, 1.82) is 0 Å². The van der Waals surface area contributed by atoms with E-state index in [9.17, 15) is 19.2 Å². The standard InChI is InChI=1S/C29H44N2O5S2/c1-18(31(8)17-32)20(10-12-24(37)38)13-14-36-27(35)23(30)16-19-9-11-21(25(33)28(2,3)4)22(15-19)26(34)29(5,6)7/h9,11,15,17,23-24,37-38H,10,12-14,16,30H2,1-8H3. The fourth-order valence-corrected chi connectivity index (χ4v) is 4.01. The Kier molecular flexibility index (Phi) is 12.8. The molecule has 0 bridgehead atoms. The van der Waals surface area contributed by atoms with Crippen molar-refractivity contribution in [1.82, 2.24) is 4.90 Å². The van der Waals surface area contributed by atoms with Crippen molar-refractivity contribution in [2.45, 2.75) is 84.8 Å². The number of nitrogens with two attached hydrogens (primary N) is 1. The van der Waals surface area contributed by atoms with Crippen LogP contribution in [-0.4, -0.2) is 53.1 Å². The van der Waals surface area contributed by atoms with Gasteiger partial charge in [-0.05, 0) is 43.4 Å². The summed E-state index contributed by atoms with van der Waals surface area (Å²) in [7, 11) is 1.67. The van der Waals surface area contributed by atoms with E-state index in [0.29, 0.717) is 36.0 Å². The van der Waals surface area contributed by atoms with Crippen molar-refractivity contribution < 1.29 is 23.9 Å². The van der Waals surface area contributed by atoms with Crippen LogP contribution in [0.2, 0.25) is 0 Å². The molecule has 0 saturated heterocycles. The summed E-state index contributed by atoms with van der Waals surface area (Å²) in [6.45, 7) is 12.8. The summed E-state index contributed by atoms with van der Waals surface area (Å²) < 4.78 is 5.35. The van der Waals surface area contributed by atoms with Gasteiger partial charge < -0.3 is 15.4 Å². The van der Waals surface area contributed by atoms with Crippen LogP contribution in [0.3, 0.4) is 0 Å². The van der Waals surface area contributed by atoms with Gasteiger partial charge in [-0.25, -0.2) is 0 Å². The van der Waals surface area contributed by atoms with E-state index in [1.165, 1.54) is 4.90 Å². The Morgan fingerprint density at radius 2 is 1.55 bits per heavy atom. The van der Waals surface area contributed by atoms with E-state index in [-0.39, 0.29) is 29.2 Å². The van der Waals surface area contributed by atoms with Crippen molar-refractivity contribution in [3.63, 3.8) is 0 Å². The lowest BCUT2D eigenvalue weighted by molar-refractivity contribution is -0.145. The van der Waals surface area contributed by atoms with Crippen LogP contribution >= 0.6 is 25.3 Å². The molecule has 0 aliphatic carbocycles. The van der Waals surface area contributed by atoms with Crippen LogP contribution in [0, 0.1) is 10.8 Å². The SMILES string of the molecule is CC(=C(CCOC(=O)C(N)Cc1ccc(C(=O)C(C)(C)C)c(C(=O)C(C)(C)C)c1)CCC(S)S)N(C)C=O. The van der Waals surface area contributed by atoms with Crippen molar-refractivity contribution in [3.8, 4) is 0 Å². The Hall–Kier alpha value is -2.10. The van der Waals surface area contributed by atoms with Gasteiger partial charge in [-0.15, -0.1) is 0 Å². The molecule has 38 heavy (non-hydrogen) atoms. The molecule has 1 aromatic rings. The largest absolute Gasteiger partial charge is 0.464 e. The van der Waals surface area contributed by atoms with E-state index in [4.69, 9.17) is 10.5 Å². The smallest absolute Gasteiger partial charge is 0.323 e. The summed E-state index contributed by atoms with van der Waals surface area (Å²) in [5.74, 6) is -0.838. The maximum Gasteiger partial charge on any atom is 0.323 e. The normalized spacial score (nSPS) is 13.6. The molecule has 7 nitrogen and oxygen atoms in total. The zero-order valence-corrected chi connectivity index (χ0v) is 25.7. The molecule has 0 spiro atoms. The lowest BCUT2D eigenvalue weighted by Crippen LogP contribution is -2.35. The predicted molar refractivity (Wildman–Crippen MR) is 159 cm³/mol. The average molecular weight is 565 g/mol. The third kappa shape index (κ3) is 10.2. The minimum atomic E-state index is -0.942. The monoisotopic (exact) mass is 564 g/mol. The summed E-state index contributed by atoms with van der Waals surface area (Å²) >= 11 is 8.59. The number of allylic oxidation sites excluding steroid dienone is 1. The number of nitrogens with zero attached hydrogens (tertiary/aromatic N) is 1. The lowest BCUT2D eigenvalue weighted by atomic mass is 9.79. The number of thiol groups is 2. The van der Waals surface area contributed by atoms with Gasteiger partial charge in [-0.1, -0.05) is 53.7 Å². The van der Waals surface area contributed by atoms with Gasteiger partial charge in [0.2, 0.25) is 6.41 Å². The van der Waals surface area contributed by atoms with E-state index in [1.54, 1.807) is 46.0 Å². The predicted octanol–water partition coefficient (Wildman–Crippen LogP) is 5.28. The maximum atomic E-state index is 13.2. The molecule has 0 saturated carbocycles. The number of carbonyl (C=O) groups is 4. The van der Waals surface area contributed by atoms with Crippen LogP contribution in [-0.2, 0) is 20.7 Å². The molecule has 1 unspecified atom stereocenters. The molecule has 0 aliphatic heterocycles. The first-order valence-corrected chi connectivity index (χ1v) is 13.8. The van der Waals surface area contributed by atoms with E-state index in [0.717, 1.165) is 17.7 Å². The van der Waals surface area contributed by atoms with E-state index in [1.807, 2.05) is 27.7 Å². The summed E-state index contributed by atoms with van der Waals surface area (Å²) in [5, 5.41) is 0. The Labute approximate surface area is 238 Å². The van der Waals surface area contributed by atoms with E-state index in [2.05, 4.69) is 25.3 Å². The fraction of sp³-hybridized carbons (Fsp3) is 0.586. The Balaban J connectivity index is 3.03. The number of ketones is 2. The Bertz CT molecular complexity index is 1050. The third-order valence-electron chi connectivity index (χ3n) is 6.25. The zero-order chi connectivity index (χ0) is 29.4. The number of esters is 1. The molecule has 0 aromatic heterocycles. The van der Waals surface area contributed by atoms with Crippen LogP contribution < -0.4 is 5.73 Å². The number of benzene rings is 1. The number of hydrogen-bond donors (Lipinski definition) is 3. The van der Waals surface area contributed by atoms with Gasteiger partial charge in [0.25, 0.3) is 0 Å². The summed E-state index contributed by atoms with van der Waals surface area (Å²) in [4.78, 5) is 51.6. The molecule has 0 radical (unpaired) electrons. The van der Waals surface area contributed by atoms with Gasteiger partial charge in [-0.3, -0.25) is 19.2 Å². The second kappa shape index (κ2) is 14.3. The summed E-state index contributed by atoms with van der Waals surface area (Å²) in [6, 6.07) is 4.11. The highest BCUT2D eigenvalue weighted by Crippen LogP contribution is 2.29. The number of Topliss-reactive ketones (excluding diaryl/α,β-unsaturated/α-hetero) is 2. The molecule has 0 aliphatic rings. The van der Waals surface area contributed by atoms with Crippen LogP contribution in [0.15, 0.2) is 29.5 Å². The first-order chi connectivity index (χ1) is 17.4. The highest BCUT2D eigenvalue weighted by Gasteiger charge is 2.31. The zero-order valence-electron chi connectivity index (χ0n) is 24.0. The summed E-state index contributed by atoms with van der Waals surface area (Å²) in [5.41, 5.74) is 7.97. The first kappa shape index (κ1) is 33.9. The van der Waals surface area contributed by atoms with E-state index >= 15 is 0 Å². The Morgan fingerprint density at radius 1 is 1.00 bits per heavy atom. The lowest BCUT2D eigenvalue weighted by Gasteiger charge is -2.23. The average Bonchev–Trinajstić information content (AvgIpc) is 2.82. The molecule has 2 N–H and O–H groups in total. The fourth-order valence-electron chi connectivity index (χ4n) is 3.75. The molecule has 0 heterocycles. The minimum absolute atomic E-state index is 0.101. The number of rotatable bonds is 13. The highest BCUT2D eigenvalue weighted by molar-refractivity contribution is 7.99. The number of ether oxygens (including phenoxy) is 1. The highest BCUT2D eigenvalue weighted by atomic mass is 32.2. The molecular weight excluding hydrogens is 520 g/mol. The van der Waals surface area contributed by atoms with Crippen molar-refractivity contribution >= 4 is 49.2 Å². The van der Waals surface area contributed by atoms with Gasteiger partial charge >= 0.3 is 5.97 Å². The maximum absolute atomic E-state index is 13.2. The van der Waals surface area contributed by atoms with Crippen molar-refractivity contribution in [2.24, 2.45) is 16.6 Å². The van der Waals surface area contributed by atoms with Gasteiger partial charge in [-0.2, -0.15) is 25.3 Å². The Morgan fingerprint density at radius 3 is 2.05 bits per heavy atom. The third-order valence-corrected chi connectivity index (χ3v) is 6.76. The minimum Gasteiger partial charge on any atom is -0.464 e. The molecule has 9 heteroatoms. The summed E-state index contributed by atoms with van der Waals surface area (Å²) in [6.07, 6.45) is 2.70.